The fourth-order valence-electron chi connectivity index (χ4n) is 1.68. The molecule has 18 heavy (non-hydrogen) atoms. The predicted molar refractivity (Wildman–Crippen MR) is 71.7 cm³/mol. The van der Waals surface area contributed by atoms with Crippen molar-refractivity contribution >= 4 is 21.8 Å². The molecule has 0 aliphatic rings. The van der Waals surface area contributed by atoms with Crippen LogP contribution < -0.4 is 5.43 Å². The number of carbonyl (C=O) groups is 1. The molecular formula is C13H12BrFN2O. The summed E-state index contributed by atoms with van der Waals surface area (Å²) in [6.07, 6.45) is 0. The van der Waals surface area contributed by atoms with Crippen LogP contribution in [-0.4, -0.2) is 10.6 Å². The monoisotopic (exact) mass is 310 g/mol. The molecular weight excluding hydrogens is 299 g/mol. The third-order valence-corrected chi connectivity index (χ3v) is 3.15. The van der Waals surface area contributed by atoms with Crippen molar-refractivity contribution in [2.24, 2.45) is 0 Å². The van der Waals surface area contributed by atoms with Crippen molar-refractivity contribution in [3.8, 4) is 0 Å². The molecule has 1 N–H and O–H groups in total. The van der Waals surface area contributed by atoms with Gasteiger partial charge in [0.05, 0.1) is 5.56 Å². The quantitative estimate of drug-likeness (QED) is 0.906. The fourth-order valence-corrected chi connectivity index (χ4v) is 2.01. The molecule has 3 nitrogen and oxygen atoms in total. The van der Waals surface area contributed by atoms with E-state index in [1.807, 2.05) is 26.0 Å². The number of amides is 1. The van der Waals surface area contributed by atoms with Gasteiger partial charge >= 0.3 is 0 Å². The largest absolute Gasteiger partial charge is 0.273 e. The smallest absolute Gasteiger partial charge is 0.267 e. The minimum absolute atomic E-state index is 0.0192. The topological polar surface area (TPSA) is 34.0 Å². The third kappa shape index (κ3) is 2.46. The van der Waals surface area contributed by atoms with Crippen LogP contribution >= 0.6 is 15.9 Å². The lowest BCUT2D eigenvalue weighted by atomic mass is 10.2. The van der Waals surface area contributed by atoms with Crippen molar-refractivity contribution in [1.82, 2.24) is 4.68 Å². The van der Waals surface area contributed by atoms with E-state index < -0.39 is 11.7 Å². The van der Waals surface area contributed by atoms with Gasteiger partial charge in [-0.2, -0.15) is 0 Å². The maximum Gasteiger partial charge on any atom is 0.273 e. The second kappa shape index (κ2) is 4.94. The number of hydrogen-bond donors (Lipinski definition) is 1. The molecule has 2 rings (SSSR count). The molecule has 94 valence electrons. The van der Waals surface area contributed by atoms with Gasteiger partial charge in [-0.25, -0.2) is 4.39 Å². The van der Waals surface area contributed by atoms with Gasteiger partial charge in [0.1, 0.15) is 5.82 Å². The fraction of sp³-hybridized carbons (Fsp3) is 0.154. The lowest BCUT2D eigenvalue weighted by Gasteiger charge is -2.11. The average Bonchev–Trinajstić information content (AvgIpc) is 2.60. The van der Waals surface area contributed by atoms with Crippen LogP contribution in [-0.2, 0) is 0 Å². The highest BCUT2D eigenvalue weighted by Gasteiger charge is 2.13. The summed E-state index contributed by atoms with van der Waals surface area (Å²) in [5.74, 6) is -1.02. The number of carbonyl (C=O) groups excluding carboxylic acids is 1. The number of aryl methyl sites for hydroxylation is 2. The highest BCUT2D eigenvalue weighted by Crippen LogP contribution is 2.16. The highest BCUT2D eigenvalue weighted by atomic mass is 79.9. The zero-order valence-corrected chi connectivity index (χ0v) is 11.6. The minimum atomic E-state index is -0.552. The number of hydrogen-bond acceptors (Lipinski definition) is 1. The molecule has 0 aliphatic carbocycles. The van der Waals surface area contributed by atoms with Gasteiger partial charge < -0.3 is 0 Å². The van der Waals surface area contributed by atoms with Crippen molar-refractivity contribution in [3.63, 3.8) is 0 Å². The second-order valence-electron chi connectivity index (χ2n) is 4.02. The van der Waals surface area contributed by atoms with Crippen molar-refractivity contribution in [2.45, 2.75) is 13.8 Å². The first-order chi connectivity index (χ1) is 8.49. The van der Waals surface area contributed by atoms with E-state index in [-0.39, 0.29) is 5.56 Å². The Hall–Kier alpha value is -1.62. The molecule has 0 radical (unpaired) electrons. The van der Waals surface area contributed by atoms with Crippen molar-refractivity contribution < 1.29 is 9.18 Å². The number of nitrogens with one attached hydrogen (secondary N) is 1. The molecule has 1 amide bonds. The van der Waals surface area contributed by atoms with E-state index >= 15 is 0 Å². The van der Waals surface area contributed by atoms with Gasteiger partial charge in [0.25, 0.3) is 5.91 Å². The van der Waals surface area contributed by atoms with Crippen molar-refractivity contribution in [2.75, 3.05) is 5.43 Å². The summed E-state index contributed by atoms with van der Waals surface area (Å²) >= 11 is 3.15. The molecule has 0 unspecified atom stereocenters. The van der Waals surface area contributed by atoms with E-state index in [0.717, 1.165) is 11.4 Å². The Morgan fingerprint density at radius 1 is 1.22 bits per heavy atom. The van der Waals surface area contributed by atoms with Gasteiger partial charge in [-0.15, -0.1) is 0 Å². The van der Waals surface area contributed by atoms with Gasteiger partial charge in [0, 0.05) is 15.9 Å². The van der Waals surface area contributed by atoms with Crippen LogP contribution in [0.3, 0.4) is 0 Å². The predicted octanol–water partition coefficient (Wildman–Crippen LogP) is 3.39. The Morgan fingerprint density at radius 2 is 1.83 bits per heavy atom. The summed E-state index contributed by atoms with van der Waals surface area (Å²) in [7, 11) is 0. The summed E-state index contributed by atoms with van der Waals surface area (Å²) in [6.45, 7) is 3.73. The standard InChI is InChI=1S/C13H12BrFN2O/c1-8-3-4-9(2)17(8)16-13(18)11-6-5-10(14)7-12(11)15/h3-7H,1-2H3,(H,16,18). The molecule has 0 atom stereocenters. The van der Waals surface area contributed by atoms with Gasteiger partial charge in [-0.3, -0.25) is 14.9 Å². The Kier molecular flexibility index (Phi) is 3.52. The summed E-state index contributed by atoms with van der Waals surface area (Å²) in [5, 5.41) is 0. The first-order valence-electron chi connectivity index (χ1n) is 5.40. The molecule has 2 aromatic rings. The zero-order chi connectivity index (χ0) is 13.3. The molecule has 0 saturated carbocycles. The average molecular weight is 311 g/mol. The van der Waals surface area contributed by atoms with Crippen LogP contribution in [0.2, 0.25) is 0 Å². The van der Waals surface area contributed by atoms with E-state index in [0.29, 0.717) is 4.47 Å². The Morgan fingerprint density at radius 3 is 2.39 bits per heavy atom. The molecule has 1 aromatic heterocycles. The normalized spacial score (nSPS) is 10.4. The summed E-state index contributed by atoms with van der Waals surface area (Å²) < 4.78 is 15.9. The lowest BCUT2D eigenvalue weighted by molar-refractivity contribution is 0.100. The van der Waals surface area contributed by atoms with E-state index in [9.17, 15) is 9.18 Å². The van der Waals surface area contributed by atoms with Gasteiger partial charge in [0.15, 0.2) is 0 Å². The second-order valence-corrected chi connectivity index (χ2v) is 4.93. The van der Waals surface area contributed by atoms with Crippen LogP contribution in [0, 0.1) is 19.7 Å². The molecule has 0 aliphatic heterocycles. The van der Waals surface area contributed by atoms with Gasteiger partial charge in [-0.05, 0) is 44.2 Å². The number of benzene rings is 1. The molecule has 0 spiro atoms. The summed E-state index contributed by atoms with van der Waals surface area (Å²) in [4.78, 5) is 12.0. The first-order valence-corrected chi connectivity index (χ1v) is 6.19. The molecule has 1 heterocycles. The maximum absolute atomic E-state index is 13.6. The van der Waals surface area contributed by atoms with E-state index in [1.165, 1.54) is 12.1 Å². The van der Waals surface area contributed by atoms with Gasteiger partial charge in [-0.1, -0.05) is 15.9 Å². The SMILES string of the molecule is Cc1ccc(C)n1NC(=O)c1ccc(Br)cc1F. The van der Waals surface area contributed by atoms with Crippen LogP contribution in [0.4, 0.5) is 4.39 Å². The molecule has 5 heteroatoms. The number of aromatic nitrogens is 1. The molecule has 0 bridgehead atoms. The number of nitrogens with zero attached hydrogens (tertiary/aromatic N) is 1. The lowest BCUT2D eigenvalue weighted by Crippen LogP contribution is -2.25. The van der Waals surface area contributed by atoms with E-state index in [4.69, 9.17) is 0 Å². The summed E-state index contributed by atoms with van der Waals surface area (Å²) in [5.41, 5.74) is 4.45. The van der Waals surface area contributed by atoms with E-state index in [2.05, 4.69) is 21.4 Å². The van der Waals surface area contributed by atoms with Crippen LogP contribution in [0.1, 0.15) is 21.7 Å². The zero-order valence-electron chi connectivity index (χ0n) is 10.00. The van der Waals surface area contributed by atoms with Crippen LogP contribution in [0.25, 0.3) is 0 Å². The van der Waals surface area contributed by atoms with E-state index in [1.54, 1.807) is 10.7 Å². The van der Waals surface area contributed by atoms with Crippen LogP contribution in [0.15, 0.2) is 34.8 Å². The Bertz CT molecular complexity index is 588. The maximum atomic E-state index is 13.6. The highest BCUT2D eigenvalue weighted by molar-refractivity contribution is 9.10. The van der Waals surface area contributed by atoms with Crippen molar-refractivity contribution in [1.29, 1.82) is 0 Å². The third-order valence-electron chi connectivity index (χ3n) is 2.66. The Balaban J connectivity index is 2.28. The number of halogens is 2. The Labute approximate surface area is 113 Å². The van der Waals surface area contributed by atoms with Crippen molar-refractivity contribution in [3.05, 3.63) is 57.6 Å². The van der Waals surface area contributed by atoms with Gasteiger partial charge in [0.2, 0.25) is 0 Å². The molecule has 0 fully saturated rings. The molecule has 0 saturated heterocycles. The number of rotatable bonds is 2. The first kappa shape index (κ1) is 12.8. The van der Waals surface area contributed by atoms with Crippen LogP contribution in [0.5, 0.6) is 0 Å². The molecule has 1 aromatic carbocycles. The summed E-state index contributed by atoms with van der Waals surface area (Å²) in [6, 6.07) is 8.11. The minimum Gasteiger partial charge on any atom is -0.267 e.